The average Bonchev–Trinajstić information content (AvgIpc) is 3.08. The van der Waals surface area contributed by atoms with Gasteiger partial charge >= 0.3 is 0 Å². The Balaban J connectivity index is 1.54. The van der Waals surface area contributed by atoms with Gasteiger partial charge in [0.1, 0.15) is 5.82 Å². The zero-order chi connectivity index (χ0) is 22.6. The van der Waals surface area contributed by atoms with E-state index in [0.29, 0.717) is 18.7 Å². The SMILES string of the molecule is CC(C)(C)NS(=O)(=O)c1ccc2c(NCCCNC(=O)c3ccc(I)cc3)nsc2c1. The van der Waals surface area contributed by atoms with Crippen molar-refractivity contribution in [2.75, 3.05) is 18.4 Å². The standard InChI is InChI=1S/C21H25IN4O3S2/c1-21(2,3)26-31(28,29)16-9-10-17-18(13-16)30-25-19(17)23-11-4-12-24-20(27)14-5-7-15(22)8-6-14/h5-10,13,26H,4,11-12H2,1-3H3,(H,23,25)(H,24,27). The first kappa shape index (κ1) is 23.9. The Morgan fingerprint density at radius 2 is 1.81 bits per heavy atom. The molecule has 3 rings (SSSR count). The fourth-order valence-electron chi connectivity index (χ4n) is 2.87. The third-order valence-corrected chi connectivity index (χ3v) is 7.52. The van der Waals surface area contributed by atoms with Crippen molar-refractivity contribution in [3.8, 4) is 0 Å². The molecule has 0 aliphatic heterocycles. The molecule has 3 aromatic rings. The molecular weight excluding hydrogens is 547 g/mol. The molecule has 7 nitrogen and oxygen atoms in total. The van der Waals surface area contributed by atoms with Gasteiger partial charge in [-0.3, -0.25) is 4.79 Å². The maximum absolute atomic E-state index is 12.5. The van der Waals surface area contributed by atoms with Gasteiger partial charge in [0.2, 0.25) is 10.0 Å². The van der Waals surface area contributed by atoms with Crippen LogP contribution in [-0.4, -0.2) is 37.3 Å². The summed E-state index contributed by atoms with van der Waals surface area (Å²) in [5, 5.41) is 7.05. The highest BCUT2D eigenvalue weighted by Crippen LogP contribution is 2.29. The topological polar surface area (TPSA) is 100 Å². The number of benzene rings is 2. The minimum Gasteiger partial charge on any atom is -0.369 e. The highest BCUT2D eigenvalue weighted by atomic mass is 127. The van der Waals surface area contributed by atoms with Crippen molar-refractivity contribution in [2.45, 2.75) is 37.6 Å². The van der Waals surface area contributed by atoms with Crippen LogP contribution in [0.1, 0.15) is 37.6 Å². The summed E-state index contributed by atoms with van der Waals surface area (Å²) in [5.41, 5.74) is 0.0912. The normalized spacial score (nSPS) is 12.1. The minimum atomic E-state index is -3.59. The Morgan fingerprint density at radius 1 is 1.10 bits per heavy atom. The van der Waals surface area contributed by atoms with Crippen molar-refractivity contribution in [3.05, 3.63) is 51.6 Å². The Kier molecular flexibility index (Phi) is 7.55. The summed E-state index contributed by atoms with van der Waals surface area (Å²) in [6.45, 7) is 6.60. The van der Waals surface area contributed by atoms with Crippen molar-refractivity contribution in [2.24, 2.45) is 0 Å². The number of fused-ring (bicyclic) bond motifs is 1. The second-order valence-corrected chi connectivity index (χ2v) is 11.8. The summed E-state index contributed by atoms with van der Waals surface area (Å²) >= 11 is 3.46. The van der Waals surface area contributed by atoms with E-state index in [2.05, 4.69) is 42.3 Å². The van der Waals surface area contributed by atoms with E-state index in [4.69, 9.17) is 0 Å². The van der Waals surface area contributed by atoms with E-state index < -0.39 is 15.6 Å². The van der Waals surface area contributed by atoms with E-state index in [0.717, 1.165) is 25.9 Å². The molecule has 0 unspecified atom stereocenters. The van der Waals surface area contributed by atoms with Gasteiger partial charge in [0, 0.05) is 33.1 Å². The first-order valence-electron chi connectivity index (χ1n) is 9.76. The predicted octanol–water partition coefficient (Wildman–Crippen LogP) is 4.21. The van der Waals surface area contributed by atoms with Gasteiger partial charge in [0.25, 0.3) is 5.91 Å². The smallest absolute Gasteiger partial charge is 0.251 e. The highest BCUT2D eigenvalue weighted by Gasteiger charge is 2.22. The molecule has 0 saturated carbocycles. The van der Waals surface area contributed by atoms with Gasteiger partial charge in [-0.1, -0.05) is 0 Å². The van der Waals surface area contributed by atoms with Gasteiger partial charge < -0.3 is 10.6 Å². The van der Waals surface area contributed by atoms with Crippen molar-refractivity contribution in [1.82, 2.24) is 14.4 Å². The maximum Gasteiger partial charge on any atom is 0.251 e. The number of aromatic nitrogens is 1. The van der Waals surface area contributed by atoms with Gasteiger partial charge in [0.05, 0.1) is 9.60 Å². The van der Waals surface area contributed by atoms with Crippen LogP contribution in [0.15, 0.2) is 47.4 Å². The number of hydrogen-bond acceptors (Lipinski definition) is 6. The summed E-state index contributed by atoms with van der Waals surface area (Å²) in [5.74, 6) is 0.629. The second kappa shape index (κ2) is 9.80. The number of rotatable bonds is 8. The molecule has 0 aliphatic rings. The van der Waals surface area contributed by atoms with E-state index >= 15 is 0 Å². The van der Waals surface area contributed by atoms with Crippen LogP contribution >= 0.6 is 34.1 Å². The number of hydrogen-bond donors (Lipinski definition) is 3. The molecule has 0 atom stereocenters. The van der Waals surface area contributed by atoms with Gasteiger partial charge in [-0.15, -0.1) is 0 Å². The van der Waals surface area contributed by atoms with E-state index in [1.54, 1.807) is 39.0 Å². The number of carbonyl (C=O) groups excluding carboxylic acids is 1. The zero-order valence-corrected chi connectivity index (χ0v) is 21.3. The second-order valence-electron chi connectivity index (χ2n) is 8.09. The average molecular weight is 572 g/mol. The molecule has 166 valence electrons. The largest absolute Gasteiger partial charge is 0.369 e. The number of sulfonamides is 1. The number of anilines is 1. The molecule has 10 heteroatoms. The third-order valence-electron chi connectivity index (χ3n) is 4.23. The number of halogens is 1. The molecule has 0 spiro atoms. The number of amides is 1. The van der Waals surface area contributed by atoms with Gasteiger partial charge in [-0.2, -0.15) is 4.37 Å². The summed E-state index contributed by atoms with van der Waals surface area (Å²) in [6, 6.07) is 12.4. The fraction of sp³-hybridized carbons (Fsp3) is 0.333. The van der Waals surface area contributed by atoms with Gasteiger partial charge in [-0.25, -0.2) is 13.1 Å². The number of nitrogens with one attached hydrogen (secondary N) is 3. The van der Waals surface area contributed by atoms with Crippen LogP contribution in [0.3, 0.4) is 0 Å². The maximum atomic E-state index is 12.5. The monoisotopic (exact) mass is 572 g/mol. The lowest BCUT2D eigenvalue weighted by atomic mass is 10.1. The third kappa shape index (κ3) is 6.61. The number of nitrogens with zero attached hydrogens (tertiary/aromatic N) is 1. The first-order valence-corrected chi connectivity index (χ1v) is 13.1. The van der Waals surface area contributed by atoms with E-state index in [1.165, 1.54) is 11.5 Å². The Morgan fingerprint density at radius 3 is 2.48 bits per heavy atom. The van der Waals surface area contributed by atoms with Crippen molar-refractivity contribution >= 4 is 66.0 Å². The van der Waals surface area contributed by atoms with Crippen LogP contribution in [0.25, 0.3) is 10.1 Å². The van der Waals surface area contributed by atoms with Crippen LogP contribution in [0.2, 0.25) is 0 Å². The molecule has 1 heterocycles. The van der Waals surface area contributed by atoms with E-state index in [9.17, 15) is 13.2 Å². The molecule has 2 aromatic carbocycles. The molecule has 0 radical (unpaired) electrons. The van der Waals surface area contributed by atoms with Gasteiger partial charge in [0.15, 0.2) is 0 Å². The van der Waals surface area contributed by atoms with Crippen LogP contribution in [0, 0.1) is 3.57 Å². The van der Waals surface area contributed by atoms with Crippen molar-refractivity contribution in [3.63, 3.8) is 0 Å². The highest BCUT2D eigenvalue weighted by molar-refractivity contribution is 14.1. The number of carbonyl (C=O) groups is 1. The predicted molar refractivity (Wildman–Crippen MR) is 134 cm³/mol. The van der Waals surface area contributed by atoms with Gasteiger partial charge in [-0.05, 0) is 104 Å². The summed E-state index contributed by atoms with van der Waals surface area (Å²) < 4.78 is 34.0. The lowest BCUT2D eigenvalue weighted by Gasteiger charge is -2.20. The Hall–Kier alpha value is -1.76. The molecule has 3 N–H and O–H groups in total. The molecule has 0 aliphatic carbocycles. The fourth-order valence-corrected chi connectivity index (χ4v) is 5.55. The lowest BCUT2D eigenvalue weighted by Crippen LogP contribution is -2.40. The molecule has 1 aromatic heterocycles. The molecule has 1 amide bonds. The molecular formula is C21H25IN4O3S2. The summed E-state index contributed by atoms with van der Waals surface area (Å²) in [6.07, 6.45) is 0.733. The van der Waals surface area contributed by atoms with E-state index in [1.807, 2.05) is 24.3 Å². The Bertz CT molecular complexity index is 1170. The zero-order valence-electron chi connectivity index (χ0n) is 17.5. The van der Waals surface area contributed by atoms with Crippen LogP contribution in [0.5, 0.6) is 0 Å². The molecule has 31 heavy (non-hydrogen) atoms. The summed E-state index contributed by atoms with van der Waals surface area (Å²) in [7, 11) is -3.59. The van der Waals surface area contributed by atoms with Crippen LogP contribution in [0.4, 0.5) is 5.82 Å². The lowest BCUT2D eigenvalue weighted by molar-refractivity contribution is 0.0953. The van der Waals surface area contributed by atoms with Crippen LogP contribution in [-0.2, 0) is 10.0 Å². The Labute approximate surface area is 200 Å². The first-order chi connectivity index (χ1) is 14.5. The minimum absolute atomic E-state index is 0.0897. The van der Waals surface area contributed by atoms with Crippen molar-refractivity contribution in [1.29, 1.82) is 0 Å². The van der Waals surface area contributed by atoms with E-state index in [-0.39, 0.29) is 10.8 Å². The van der Waals surface area contributed by atoms with Crippen molar-refractivity contribution < 1.29 is 13.2 Å². The molecule has 0 fully saturated rings. The summed E-state index contributed by atoms with van der Waals surface area (Å²) in [4.78, 5) is 12.3. The van der Waals surface area contributed by atoms with Crippen LogP contribution < -0.4 is 15.4 Å². The quantitative estimate of drug-likeness (QED) is 0.278. The molecule has 0 bridgehead atoms. The molecule has 0 saturated heterocycles.